The van der Waals surface area contributed by atoms with Crippen LogP contribution in [0.2, 0.25) is 0 Å². The number of ether oxygens (including phenoxy) is 3. The molecule has 11 heteroatoms. The number of hydrogen-bond donors (Lipinski definition) is 1. The van der Waals surface area contributed by atoms with Gasteiger partial charge in [0, 0.05) is 0 Å². The van der Waals surface area contributed by atoms with E-state index in [0.717, 1.165) is 14.2 Å². The van der Waals surface area contributed by atoms with Crippen LogP contribution in [0, 0.1) is 0 Å². The Morgan fingerprint density at radius 3 is 2.28 bits per heavy atom. The molecule has 6 nitrogen and oxygen atoms in total. The molecule has 0 heterocycles. The summed E-state index contributed by atoms with van der Waals surface area (Å²) >= 11 is 0. The van der Waals surface area contributed by atoms with Crippen molar-refractivity contribution in [3.63, 3.8) is 0 Å². The van der Waals surface area contributed by atoms with Crippen LogP contribution in [0.15, 0.2) is 30.0 Å². The first-order valence-electron chi connectivity index (χ1n) is 6.39. The third-order valence-corrected chi connectivity index (χ3v) is 2.66. The zero-order valence-electron chi connectivity index (χ0n) is 12.8. The summed E-state index contributed by atoms with van der Waals surface area (Å²) in [5.41, 5.74) is -2.47. The fourth-order valence-corrected chi connectivity index (χ4v) is 1.58. The Hall–Kier alpha value is -2.85. The van der Waals surface area contributed by atoms with Gasteiger partial charge in [0.25, 0.3) is 0 Å². The lowest BCUT2D eigenvalue weighted by molar-refractivity contribution is -0.138. The number of hydrogen-bond acceptors (Lipinski definition) is 6. The summed E-state index contributed by atoms with van der Waals surface area (Å²) in [6.45, 7) is -3.33. The molecule has 0 saturated carbocycles. The van der Waals surface area contributed by atoms with Gasteiger partial charge in [-0.15, -0.1) is 0 Å². The molecule has 138 valence electrons. The molecular formula is C14H12F5NO5. The monoisotopic (exact) mass is 369 g/mol. The average Bonchev–Trinajstić information content (AvgIpc) is 2.53. The Balaban J connectivity index is 3.36. The molecule has 0 aliphatic carbocycles. The zero-order chi connectivity index (χ0) is 19.2. The standard InChI is InChI=1S/C14H12F5NO5/c1-23-11(21)6-9(12(22)24-2)20-8-5-7(14(17,18)19)3-4-10(8)25-13(15)16/h3-6,13,20H,1-2H3/b9-6+. The van der Waals surface area contributed by atoms with Gasteiger partial charge in [0.1, 0.15) is 11.4 Å². The third kappa shape index (κ3) is 5.94. The van der Waals surface area contributed by atoms with E-state index in [0.29, 0.717) is 24.3 Å². The van der Waals surface area contributed by atoms with Crippen molar-refractivity contribution in [3.8, 4) is 5.75 Å². The summed E-state index contributed by atoms with van der Waals surface area (Å²) in [4.78, 5) is 22.9. The number of alkyl halides is 5. The zero-order valence-corrected chi connectivity index (χ0v) is 12.8. The molecule has 25 heavy (non-hydrogen) atoms. The lowest BCUT2D eigenvalue weighted by atomic mass is 10.1. The van der Waals surface area contributed by atoms with Crippen LogP contribution >= 0.6 is 0 Å². The highest BCUT2D eigenvalue weighted by atomic mass is 19.4. The quantitative estimate of drug-likeness (QED) is 0.472. The third-order valence-electron chi connectivity index (χ3n) is 2.66. The van der Waals surface area contributed by atoms with Gasteiger partial charge in [-0.3, -0.25) is 0 Å². The Labute approximate surface area is 138 Å². The Morgan fingerprint density at radius 1 is 1.16 bits per heavy atom. The molecule has 0 amide bonds. The fraction of sp³-hybridized carbons (Fsp3) is 0.286. The van der Waals surface area contributed by atoms with Gasteiger partial charge in [-0.1, -0.05) is 0 Å². The normalized spacial score (nSPS) is 11.9. The van der Waals surface area contributed by atoms with Crippen molar-refractivity contribution in [1.82, 2.24) is 0 Å². The van der Waals surface area contributed by atoms with Crippen molar-refractivity contribution in [2.75, 3.05) is 19.5 Å². The summed E-state index contributed by atoms with van der Waals surface area (Å²) < 4.78 is 75.9. The Morgan fingerprint density at radius 2 is 1.80 bits per heavy atom. The molecule has 0 aromatic heterocycles. The highest BCUT2D eigenvalue weighted by molar-refractivity contribution is 5.99. The second-order valence-corrected chi connectivity index (χ2v) is 4.28. The molecule has 0 atom stereocenters. The van der Waals surface area contributed by atoms with Gasteiger partial charge in [0.05, 0.1) is 31.5 Å². The molecule has 0 radical (unpaired) electrons. The van der Waals surface area contributed by atoms with Crippen molar-refractivity contribution >= 4 is 17.6 Å². The van der Waals surface area contributed by atoms with Gasteiger partial charge in [0.2, 0.25) is 0 Å². The maximum absolute atomic E-state index is 12.8. The van der Waals surface area contributed by atoms with E-state index in [9.17, 15) is 31.5 Å². The molecule has 0 spiro atoms. The summed E-state index contributed by atoms with van der Waals surface area (Å²) in [5, 5.41) is 2.11. The largest absolute Gasteiger partial charge is 0.466 e. The minimum Gasteiger partial charge on any atom is -0.466 e. The van der Waals surface area contributed by atoms with Crippen LogP contribution in [0.1, 0.15) is 5.56 Å². The van der Waals surface area contributed by atoms with E-state index in [-0.39, 0.29) is 0 Å². The van der Waals surface area contributed by atoms with Crippen molar-refractivity contribution in [2.24, 2.45) is 0 Å². The number of nitrogens with one attached hydrogen (secondary N) is 1. The fourth-order valence-electron chi connectivity index (χ4n) is 1.58. The first-order valence-corrected chi connectivity index (χ1v) is 6.39. The van der Waals surface area contributed by atoms with Crippen LogP contribution in [0.25, 0.3) is 0 Å². The van der Waals surface area contributed by atoms with Crippen LogP contribution in [0.4, 0.5) is 27.6 Å². The summed E-state index contributed by atoms with van der Waals surface area (Å²) in [7, 11) is 1.93. The molecule has 0 unspecified atom stereocenters. The van der Waals surface area contributed by atoms with Crippen LogP contribution in [-0.2, 0) is 25.2 Å². The Kier molecular flexibility index (Phi) is 6.71. The van der Waals surface area contributed by atoms with E-state index in [1.807, 2.05) is 0 Å². The molecule has 0 saturated heterocycles. The number of carbonyl (C=O) groups excluding carboxylic acids is 2. The molecular weight excluding hydrogens is 357 g/mol. The minimum atomic E-state index is -4.78. The first kappa shape index (κ1) is 20.2. The van der Waals surface area contributed by atoms with Crippen molar-refractivity contribution < 1.29 is 45.8 Å². The number of esters is 2. The Bertz CT molecular complexity index is 672. The number of carbonyl (C=O) groups is 2. The molecule has 1 rings (SSSR count). The maximum Gasteiger partial charge on any atom is 0.416 e. The number of benzene rings is 1. The van der Waals surface area contributed by atoms with Gasteiger partial charge in [0.15, 0.2) is 0 Å². The molecule has 1 aromatic carbocycles. The number of methoxy groups -OCH3 is 2. The van der Waals surface area contributed by atoms with Crippen molar-refractivity contribution in [1.29, 1.82) is 0 Å². The average molecular weight is 369 g/mol. The van der Waals surface area contributed by atoms with E-state index in [1.165, 1.54) is 0 Å². The smallest absolute Gasteiger partial charge is 0.416 e. The van der Waals surface area contributed by atoms with E-state index in [2.05, 4.69) is 19.5 Å². The number of rotatable bonds is 6. The van der Waals surface area contributed by atoms with Gasteiger partial charge >= 0.3 is 24.7 Å². The minimum absolute atomic E-state index is 0.436. The molecule has 1 aromatic rings. The van der Waals surface area contributed by atoms with Gasteiger partial charge in [-0.2, -0.15) is 22.0 Å². The topological polar surface area (TPSA) is 73.9 Å². The van der Waals surface area contributed by atoms with Crippen LogP contribution in [0.3, 0.4) is 0 Å². The van der Waals surface area contributed by atoms with Gasteiger partial charge in [-0.05, 0) is 18.2 Å². The number of anilines is 1. The molecule has 0 fully saturated rings. The summed E-state index contributed by atoms with van der Waals surface area (Å²) in [6.07, 6.45) is -4.20. The van der Waals surface area contributed by atoms with E-state index in [4.69, 9.17) is 0 Å². The predicted octanol–water partition coefficient (Wildman–Crippen LogP) is 2.95. The molecule has 0 aliphatic rings. The van der Waals surface area contributed by atoms with Crippen molar-refractivity contribution in [3.05, 3.63) is 35.5 Å². The molecule has 1 N–H and O–H groups in total. The predicted molar refractivity (Wildman–Crippen MR) is 73.8 cm³/mol. The lowest BCUT2D eigenvalue weighted by Crippen LogP contribution is -2.17. The van der Waals surface area contributed by atoms with E-state index in [1.54, 1.807) is 0 Å². The maximum atomic E-state index is 12.8. The number of halogens is 5. The van der Waals surface area contributed by atoms with Crippen LogP contribution in [-0.4, -0.2) is 32.8 Å². The summed E-state index contributed by atoms with van der Waals surface area (Å²) in [6, 6.07) is 1.60. The van der Waals surface area contributed by atoms with Gasteiger partial charge < -0.3 is 19.5 Å². The first-order chi connectivity index (χ1) is 11.6. The summed E-state index contributed by atoms with van der Waals surface area (Å²) in [5.74, 6) is -2.86. The molecule has 0 bridgehead atoms. The second kappa shape index (κ2) is 8.31. The van der Waals surface area contributed by atoms with Crippen molar-refractivity contribution in [2.45, 2.75) is 12.8 Å². The molecule has 0 aliphatic heterocycles. The second-order valence-electron chi connectivity index (χ2n) is 4.28. The van der Waals surface area contributed by atoms with E-state index >= 15 is 0 Å². The highest BCUT2D eigenvalue weighted by Crippen LogP contribution is 2.36. The SMILES string of the molecule is COC(=O)/C=C(/Nc1cc(C(F)(F)F)ccc1OC(F)F)C(=O)OC. The van der Waals surface area contributed by atoms with E-state index < -0.39 is 47.4 Å². The lowest BCUT2D eigenvalue weighted by Gasteiger charge is -2.16. The van der Waals surface area contributed by atoms with Gasteiger partial charge in [-0.25, -0.2) is 9.59 Å². The van der Waals surface area contributed by atoms with Crippen LogP contribution in [0.5, 0.6) is 5.75 Å². The highest BCUT2D eigenvalue weighted by Gasteiger charge is 2.32. The van der Waals surface area contributed by atoms with Crippen LogP contribution < -0.4 is 10.1 Å².